The van der Waals surface area contributed by atoms with E-state index in [1.807, 2.05) is 71.4 Å². The molecule has 1 unspecified atom stereocenters. The van der Waals surface area contributed by atoms with Crippen LogP contribution >= 0.6 is 11.3 Å². The summed E-state index contributed by atoms with van der Waals surface area (Å²) < 4.78 is 23.7. The number of carbonyl (C=O) groups is 1. The first-order chi connectivity index (χ1) is 20.3. The molecule has 0 saturated heterocycles. The fourth-order valence-electron chi connectivity index (χ4n) is 5.54. The standard InChI is InChI=1S/C34H30FN3O3S/c1-20(2)22-13-15-23(16-14-22)31-30(33(40)41-4)21(3)36-34-38(31)32(39)29(42-34)17-25-19-37(28-12-8-6-10-26(25)28)18-24-9-5-7-11-27(24)35/h5-17,19-20,31H,18H2,1-4H3/b29-17-. The Morgan fingerprint density at radius 2 is 1.79 bits per heavy atom. The first kappa shape index (κ1) is 27.6. The molecule has 8 heteroatoms. The third-order valence-corrected chi connectivity index (χ3v) is 8.73. The largest absolute Gasteiger partial charge is 0.466 e. The lowest BCUT2D eigenvalue weighted by molar-refractivity contribution is -0.136. The SMILES string of the molecule is COC(=O)C1=C(C)N=c2s/c(=C\c3cn(Cc4ccccc4F)c4ccccc34)c(=O)n2C1c1ccc(C(C)C)cc1. The molecule has 0 amide bonds. The highest BCUT2D eigenvalue weighted by Gasteiger charge is 2.33. The van der Waals surface area contributed by atoms with Gasteiger partial charge in [0.25, 0.3) is 5.56 Å². The first-order valence-electron chi connectivity index (χ1n) is 13.8. The number of hydrogen-bond donors (Lipinski definition) is 0. The third kappa shape index (κ3) is 4.81. The van der Waals surface area contributed by atoms with Crippen molar-refractivity contribution in [3.05, 3.63) is 138 Å². The van der Waals surface area contributed by atoms with Gasteiger partial charge in [-0.15, -0.1) is 0 Å². The summed E-state index contributed by atoms with van der Waals surface area (Å²) in [4.78, 5) is 32.2. The highest BCUT2D eigenvalue weighted by molar-refractivity contribution is 7.07. The molecule has 2 aromatic heterocycles. The number of methoxy groups -OCH3 is 1. The van der Waals surface area contributed by atoms with E-state index in [1.54, 1.807) is 23.6 Å². The molecule has 0 saturated carbocycles. The van der Waals surface area contributed by atoms with Crippen molar-refractivity contribution in [2.75, 3.05) is 7.11 Å². The number of fused-ring (bicyclic) bond motifs is 2. The Bertz CT molecular complexity index is 2050. The molecule has 1 aliphatic rings. The normalized spacial score (nSPS) is 15.3. The fraction of sp³-hybridized carbons (Fsp3) is 0.206. The Morgan fingerprint density at radius 1 is 1.07 bits per heavy atom. The second kappa shape index (κ2) is 11.0. The Labute approximate surface area is 246 Å². The summed E-state index contributed by atoms with van der Waals surface area (Å²) in [5, 5.41) is 0.951. The number of ether oxygens (including phenoxy) is 1. The smallest absolute Gasteiger partial charge is 0.338 e. The number of hydrogen-bond acceptors (Lipinski definition) is 5. The van der Waals surface area contributed by atoms with Crippen LogP contribution in [0.25, 0.3) is 17.0 Å². The van der Waals surface area contributed by atoms with Gasteiger partial charge >= 0.3 is 5.97 Å². The van der Waals surface area contributed by atoms with E-state index in [9.17, 15) is 14.0 Å². The molecule has 6 nitrogen and oxygen atoms in total. The van der Waals surface area contributed by atoms with Crippen molar-refractivity contribution in [1.82, 2.24) is 9.13 Å². The average Bonchev–Trinajstić information content (AvgIpc) is 3.49. The van der Waals surface area contributed by atoms with Crippen LogP contribution in [0.5, 0.6) is 0 Å². The van der Waals surface area contributed by atoms with Crippen LogP contribution < -0.4 is 14.9 Å². The number of allylic oxidation sites excluding steroid dienone is 1. The van der Waals surface area contributed by atoms with Gasteiger partial charge in [-0.1, -0.05) is 85.8 Å². The Hall–Kier alpha value is -4.56. The molecule has 3 heterocycles. The Kier molecular flexibility index (Phi) is 7.24. The molecule has 0 fully saturated rings. The summed E-state index contributed by atoms with van der Waals surface area (Å²) in [7, 11) is 1.34. The van der Waals surface area contributed by atoms with E-state index in [4.69, 9.17) is 4.74 Å². The number of halogens is 1. The van der Waals surface area contributed by atoms with E-state index in [1.165, 1.54) is 30.1 Å². The Balaban J connectivity index is 1.51. The number of thiazole rings is 1. The highest BCUT2D eigenvalue weighted by atomic mass is 32.1. The number of nitrogens with zero attached hydrogens (tertiary/aromatic N) is 3. The summed E-state index contributed by atoms with van der Waals surface area (Å²) in [5.74, 6) is -0.429. The summed E-state index contributed by atoms with van der Waals surface area (Å²) in [6, 6.07) is 21.9. The van der Waals surface area contributed by atoms with Crippen LogP contribution in [-0.4, -0.2) is 22.2 Å². The molecule has 212 valence electrons. The number of carbonyl (C=O) groups excluding carboxylic acids is 1. The number of esters is 1. The van der Waals surface area contributed by atoms with Crippen LogP contribution in [0.1, 0.15) is 55.0 Å². The van der Waals surface area contributed by atoms with Crippen molar-refractivity contribution in [3.63, 3.8) is 0 Å². The van der Waals surface area contributed by atoms with Gasteiger partial charge in [-0.2, -0.15) is 0 Å². The Morgan fingerprint density at radius 3 is 2.50 bits per heavy atom. The molecule has 0 radical (unpaired) electrons. The van der Waals surface area contributed by atoms with Gasteiger partial charge in [0.15, 0.2) is 4.80 Å². The van der Waals surface area contributed by atoms with E-state index in [0.29, 0.717) is 38.6 Å². The second-order valence-corrected chi connectivity index (χ2v) is 11.7. The van der Waals surface area contributed by atoms with E-state index < -0.39 is 12.0 Å². The summed E-state index contributed by atoms with van der Waals surface area (Å²) in [6.45, 7) is 6.37. The van der Waals surface area contributed by atoms with Crippen LogP contribution in [-0.2, 0) is 16.1 Å². The zero-order chi connectivity index (χ0) is 29.5. The van der Waals surface area contributed by atoms with Crippen LogP contribution in [0.3, 0.4) is 0 Å². The minimum atomic E-state index is -0.667. The van der Waals surface area contributed by atoms with Gasteiger partial charge < -0.3 is 9.30 Å². The minimum absolute atomic E-state index is 0.239. The van der Waals surface area contributed by atoms with Crippen LogP contribution in [0, 0.1) is 5.82 Å². The van der Waals surface area contributed by atoms with Crippen LogP contribution in [0.4, 0.5) is 4.39 Å². The van der Waals surface area contributed by atoms with E-state index in [0.717, 1.165) is 22.0 Å². The van der Waals surface area contributed by atoms with Crippen molar-refractivity contribution < 1.29 is 13.9 Å². The van der Waals surface area contributed by atoms with E-state index in [-0.39, 0.29) is 11.4 Å². The van der Waals surface area contributed by atoms with Crippen molar-refractivity contribution in [2.45, 2.75) is 39.3 Å². The third-order valence-electron chi connectivity index (χ3n) is 7.75. The minimum Gasteiger partial charge on any atom is -0.466 e. The molecule has 42 heavy (non-hydrogen) atoms. The van der Waals surface area contributed by atoms with Crippen molar-refractivity contribution in [1.29, 1.82) is 0 Å². The van der Waals surface area contributed by atoms with Crippen molar-refractivity contribution in [2.24, 2.45) is 4.99 Å². The topological polar surface area (TPSA) is 65.6 Å². The molecule has 1 atom stereocenters. The second-order valence-electron chi connectivity index (χ2n) is 10.7. The molecule has 0 aliphatic carbocycles. The molecule has 0 N–H and O–H groups in total. The maximum atomic E-state index is 14.5. The molecule has 5 aromatic rings. The van der Waals surface area contributed by atoms with Crippen molar-refractivity contribution in [3.8, 4) is 0 Å². The maximum Gasteiger partial charge on any atom is 0.338 e. The van der Waals surface area contributed by atoms with Gasteiger partial charge in [0.1, 0.15) is 5.82 Å². The number of aromatic nitrogens is 2. The predicted molar refractivity (Wildman–Crippen MR) is 164 cm³/mol. The summed E-state index contributed by atoms with van der Waals surface area (Å²) in [6.07, 6.45) is 3.81. The lowest BCUT2D eigenvalue weighted by atomic mass is 9.93. The zero-order valence-corrected chi connectivity index (χ0v) is 24.6. The van der Waals surface area contributed by atoms with E-state index in [2.05, 4.69) is 18.8 Å². The number of benzene rings is 3. The lowest BCUT2D eigenvalue weighted by Gasteiger charge is -2.24. The quantitative estimate of drug-likeness (QED) is 0.244. The van der Waals surface area contributed by atoms with Gasteiger partial charge in [0, 0.05) is 28.2 Å². The maximum absolute atomic E-state index is 14.5. The van der Waals surface area contributed by atoms with E-state index >= 15 is 0 Å². The number of para-hydroxylation sites is 1. The zero-order valence-electron chi connectivity index (χ0n) is 23.8. The molecule has 3 aromatic carbocycles. The van der Waals surface area contributed by atoms with Gasteiger partial charge in [0.05, 0.1) is 35.5 Å². The predicted octanol–water partition coefficient (Wildman–Crippen LogP) is 5.67. The lowest BCUT2D eigenvalue weighted by Crippen LogP contribution is -2.39. The average molecular weight is 580 g/mol. The highest BCUT2D eigenvalue weighted by Crippen LogP contribution is 2.31. The number of rotatable bonds is 6. The van der Waals surface area contributed by atoms with Crippen molar-refractivity contribution >= 4 is 34.3 Å². The molecule has 1 aliphatic heterocycles. The molecule has 0 bridgehead atoms. The van der Waals surface area contributed by atoms with Gasteiger partial charge in [0.2, 0.25) is 0 Å². The van der Waals surface area contributed by atoms with Gasteiger partial charge in [-0.3, -0.25) is 9.36 Å². The summed E-state index contributed by atoms with van der Waals surface area (Å²) in [5.41, 5.74) is 4.96. The van der Waals surface area contributed by atoms with Gasteiger partial charge in [-0.05, 0) is 42.2 Å². The first-order valence-corrected chi connectivity index (χ1v) is 14.6. The monoisotopic (exact) mass is 579 g/mol. The molecular formula is C34H30FN3O3S. The van der Waals surface area contributed by atoms with Crippen LogP contribution in [0.15, 0.2) is 100 Å². The molecule has 0 spiro atoms. The fourth-order valence-corrected chi connectivity index (χ4v) is 6.58. The summed E-state index contributed by atoms with van der Waals surface area (Å²) >= 11 is 1.29. The van der Waals surface area contributed by atoms with Crippen LogP contribution in [0.2, 0.25) is 0 Å². The molecular weight excluding hydrogens is 549 g/mol. The van der Waals surface area contributed by atoms with Gasteiger partial charge in [-0.25, -0.2) is 14.2 Å². The molecule has 6 rings (SSSR count).